The van der Waals surface area contributed by atoms with E-state index in [4.69, 9.17) is 23.2 Å². The van der Waals surface area contributed by atoms with Crippen molar-refractivity contribution in [2.75, 3.05) is 6.26 Å². The third kappa shape index (κ3) is 5.39. The minimum absolute atomic E-state index is 0.216. The first-order valence-electron chi connectivity index (χ1n) is 10.7. The van der Waals surface area contributed by atoms with E-state index in [1.807, 2.05) is 0 Å². The normalized spacial score (nSPS) is 12.2. The molecule has 0 amide bonds. The summed E-state index contributed by atoms with van der Waals surface area (Å²) in [4.78, 5) is 5.09. The molecule has 0 aliphatic carbocycles. The van der Waals surface area contributed by atoms with E-state index in [1.165, 1.54) is 23.9 Å². The van der Waals surface area contributed by atoms with Crippen molar-refractivity contribution in [2.24, 2.45) is 0 Å². The summed E-state index contributed by atoms with van der Waals surface area (Å²) in [6.07, 6.45) is 2.81. The summed E-state index contributed by atoms with van der Waals surface area (Å²) in [6, 6.07) is 12.7. The molecule has 4 aromatic rings. The average molecular weight is 535 g/mol. The molecule has 0 fully saturated rings. The van der Waals surface area contributed by atoms with Gasteiger partial charge in [0.2, 0.25) is 0 Å². The fourth-order valence-corrected chi connectivity index (χ4v) is 4.93. The van der Waals surface area contributed by atoms with Gasteiger partial charge in [-0.15, -0.1) is 11.8 Å². The first-order chi connectivity index (χ1) is 16.7. The van der Waals surface area contributed by atoms with E-state index in [1.54, 1.807) is 60.3 Å². The minimum atomic E-state index is -0.851. The van der Waals surface area contributed by atoms with Gasteiger partial charge in [0, 0.05) is 33.1 Å². The molecule has 1 atom stereocenters. The summed E-state index contributed by atoms with van der Waals surface area (Å²) in [5.74, 6) is -0.602. The predicted octanol–water partition coefficient (Wildman–Crippen LogP) is 6.98. The Hall–Kier alpha value is -2.42. The van der Waals surface area contributed by atoms with Crippen LogP contribution < -0.4 is 0 Å². The van der Waals surface area contributed by atoms with Crippen molar-refractivity contribution in [1.82, 2.24) is 9.55 Å². The number of hydrogen-bond donors (Lipinski definition) is 2. The van der Waals surface area contributed by atoms with Crippen LogP contribution in [0.4, 0.5) is 8.78 Å². The van der Waals surface area contributed by atoms with Crippen molar-refractivity contribution in [3.05, 3.63) is 99.1 Å². The molecule has 3 aromatic carbocycles. The van der Waals surface area contributed by atoms with Crippen molar-refractivity contribution in [3.8, 4) is 16.8 Å². The quantitative estimate of drug-likeness (QED) is 0.251. The Balaban J connectivity index is 1.76. The Morgan fingerprint density at radius 1 is 1.03 bits per heavy atom. The largest absolute Gasteiger partial charge is 0.392 e. The Labute approximate surface area is 216 Å². The van der Waals surface area contributed by atoms with Gasteiger partial charge in [0.1, 0.15) is 17.5 Å². The van der Waals surface area contributed by atoms with E-state index >= 15 is 4.39 Å². The highest BCUT2D eigenvalue weighted by molar-refractivity contribution is 7.98. The molecule has 35 heavy (non-hydrogen) atoms. The number of thioether (sulfide) groups is 1. The molecular weight excluding hydrogens is 513 g/mol. The second-order valence-electron chi connectivity index (χ2n) is 8.00. The van der Waals surface area contributed by atoms with E-state index < -0.39 is 24.3 Å². The lowest BCUT2D eigenvalue weighted by molar-refractivity contribution is 0.194. The van der Waals surface area contributed by atoms with Crippen LogP contribution in [-0.4, -0.2) is 26.0 Å². The summed E-state index contributed by atoms with van der Waals surface area (Å²) in [6.45, 7) is 1.17. The van der Waals surface area contributed by atoms with Gasteiger partial charge in [0.15, 0.2) is 0 Å². The molecule has 0 aliphatic heterocycles. The summed E-state index contributed by atoms with van der Waals surface area (Å²) >= 11 is 13.6. The lowest BCUT2D eigenvalue weighted by atomic mass is 10.0. The van der Waals surface area contributed by atoms with Crippen molar-refractivity contribution in [3.63, 3.8) is 0 Å². The molecule has 1 aromatic heterocycles. The molecule has 4 nitrogen and oxygen atoms in total. The fraction of sp³-hybridized carbons (Fsp3) is 0.192. The van der Waals surface area contributed by atoms with Gasteiger partial charge in [-0.05, 0) is 66.3 Å². The van der Waals surface area contributed by atoms with Crippen LogP contribution in [0.2, 0.25) is 10.0 Å². The first-order valence-corrected chi connectivity index (χ1v) is 12.7. The van der Waals surface area contributed by atoms with Crippen LogP contribution in [-0.2, 0) is 13.0 Å². The standard InChI is InChI=1S/C26H22Cl2F2N2O2S/c1-14(34)23-12-32(26(31-23)10-16-3-5-18(27)11-20(16)28)24-6-4-15(7-22(24)30)17-8-21(29)19(13-33)25(9-17)35-2/h3-9,11-12,14,33-34H,10,13H2,1-2H3. The van der Waals surface area contributed by atoms with E-state index in [9.17, 15) is 14.6 Å². The summed E-state index contributed by atoms with van der Waals surface area (Å²) in [5, 5.41) is 20.5. The number of imidazole rings is 1. The van der Waals surface area contributed by atoms with Crippen molar-refractivity contribution >= 4 is 35.0 Å². The molecule has 0 bridgehead atoms. The Morgan fingerprint density at radius 3 is 2.40 bits per heavy atom. The zero-order valence-corrected chi connectivity index (χ0v) is 21.2. The lowest BCUT2D eigenvalue weighted by Crippen LogP contribution is -2.04. The number of hydrogen-bond acceptors (Lipinski definition) is 4. The van der Waals surface area contributed by atoms with Crippen LogP contribution in [0.25, 0.3) is 16.8 Å². The third-order valence-corrected chi connectivity index (χ3v) is 7.05. The zero-order valence-electron chi connectivity index (χ0n) is 18.9. The van der Waals surface area contributed by atoms with E-state index in [-0.39, 0.29) is 17.7 Å². The zero-order chi connectivity index (χ0) is 25.3. The molecule has 0 saturated heterocycles. The summed E-state index contributed by atoms with van der Waals surface area (Å²) in [5.41, 5.74) is 2.57. The summed E-state index contributed by atoms with van der Waals surface area (Å²) < 4.78 is 31.5. The maximum atomic E-state index is 15.4. The van der Waals surface area contributed by atoms with Gasteiger partial charge in [0.05, 0.1) is 24.1 Å². The van der Waals surface area contributed by atoms with Crippen LogP contribution in [0.3, 0.4) is 0 Å². The third-order valence-electron chi connectivity index (χ3n) is 5.66. The van der Waals surface area contributed by atoms with Crippen molar-refractivity contribution in [1.29, 1.82) is 0 Å². The molecule has 2 N–H and O–H groups in total. The number of aromatic nitrogens is 2. The number of rotatable bonds is 7. The van der Waals surface area contributed by atoms with Crippen LogP contribution in [0.15, 0.2) is 59.6 Å². The highest BCUT2D eigenvalue weighted by atomic mass is 35.5. The molecular formula is C26H22Cl2F2N2O2S. The maximum absolute atomic E-state index is 15.4. The maximum Gasteiger partial charge on any atom is 0.147 e. The average Bonchev–Trinajstić information content (AvgIpc) is 3.24. The van der Waals surface area contributed by atoms with E-state index in [0.717, 1.165) is 5.56 Å². The van der Waals surface area contributed by atoms with Gasteiger partial charge < -0.3 is 14.8 Å². The number of benzene rings is 3. The highest BCUT2D eigenvalue weighted by Gasteiger charge is 2.18. The molecule has 0 saturated carbocycles. The molecule has 1 unspecified atom stereocenters. The lowest BCUT2D eigenvalue weighted by Gasteiger charge is -2.13. The van der Waals surface area contributed by atoms with Gasteiger partial charge in [-0.25, -0.2) is 13.8 Å². The Kier molecular flexibility index (Phi) is 7.83. The first kappa shape index (κ1) is 25.7. The van der Waals surface area contributed by atoms with Crippen LogP contribution in [0.5, 0.6) is 0 Å². The second kappa shape index (κ2) is 10.7. The van der Waals surface area contributed by atoms with Crippen molar-refractivity contribution < 1.29 is 19.0 Å². The molecule has 0 aliphatic rings. The number of aliphatic hydroxyl groups excluding tert-OH is 2. The van der Waals surface area contributed by atoms with E-state index in [2.05, 4.69) is 4.98 Å². The van der Waals surface area contributed by atoms with Gasteiger partial charge in [-0.3, -0.25) is 0 Å². The smallest absolute Gasteiger partial charge is 0.147 e. The minimum Gasteiger partial charge on any atom is -0.392 e. The van der Waals surface area contributed by atoms with E-state index in [0.29, 0.717) is 37.6 Å². The Morgan fingerprint density at radius 2 is 1.77 bits per heavy atom. The van der Waals surface area contributed by atoms with Gasteiger partial charge in [-0.2, -0.15) is 0 Å². The molecule has 1 heterocycles. The predicted molar refractivity (Wildman–Crippen MR) is 137 cm³/mol. The van der Waals surface area contributed by atoms with Gasteiger partial charge in [0.25, 0.3) is 0 Å². The topological polar surface area (TPSA) is 58.3 Å². The monoisotopic (exact) mass is 534 g/mol. The number of nitrogens with zero attached hydrogens (tertiary/aromatic N) is 2. The molecule has 9 heteroatoms. The number of halogens is 4. The second-order valence-corrected chi connectivity index (χ2v) is 9.70. The molecule has 4 rings (SSSR count). The Bertz CT molecular complexity index is 1390. The molecule has 0 radical (unpaired) electrons. The fourth-order valence-electron chi connectivity index (χ4n) is 3.80. The van der Waals surface area contributed by atoms with Crippen LogP contribution in [0, 0.1) is 11.6 Å². The summed E-state index contributed by atoms with van der Waals surface area (Å²) in [7, 11) is 0. The molecule has 182 valence electrons. The SMILES string of the molecule is CSc1cc(-c2ccc(-n3cc(C(C)O)nc3Cc3ccc(Cl)cc3Cl)c(F)c2)cc(F)c1CO. The van der Waals surface area contributed by atoms with Gasteiger partial charge >= 0.3 is 0 Å². The van der Waals surface area contributed by atoms with Crippen LogP contribution in [0.1, 0.15) is 35.7 Å². The van der Waals surface area contributed by atoms with Crippen molar-refractivity contribution in [2.45, 2.75) is 31.0 Å². The highest BCUT2D eigenvalue weighted by Crippen LogP contribution is 2.32. The van der Waals surface area contributed by atoms with Gasteiger partial charge in [-0.1, -0.05) is 35.3 Å². The number of aliphatic hydroxyl groups is 2. The molecule has 0 spiro atoms. The van der Waals surface area contributed by atoms with Crippen LogP contribution >= 0.6 is 35.0 Å².